The zero-order chi connectivity index (χ0) is 14.8. The third-order valence-electron chi connectivity index (χ3n) is 3.67. The van der Waals surface area contributed by atoms with Crippen LogP contribution in [0.3, 0.4) is 0 Å². The Morgan fingerprint density at radius 2 is 2.14 bits per heavy atom. The zero-order valence-corrected chi connectivity index (χ0v) is 12.6. The van der Waals surface area contributed by atoms with E-state index < -0.39 is 12.0 Å². The molecule has 0 bridgehead atoms. The second-order valence-electron chi connectivity index (χ2n) is 5.09. The van der Waals surface area contributed by atoms with Gasteiger partial charge in [-0.05, 0) is 43.7 Å². The number of oxazole rings is 1. The van der Waals surface area contributed by atoms with Gasteiger partial charge in [-0.15, -0.1) is 12.4 Å². The number of carboxylic acid groups (broad SMARTS) is 1. The molecule has 1 fully saturated rings. The average molecular weight is 327 g/mol. The summed E-state index contributed by atoms with van der Waals surface area (Å²) >= 11 is 0. The SMILES string of the molecule is Cl.O=C(O)C1CCCN1Cc1ncc(-c2ccc(F)cc2)o1. The number of aliphatic carboxylic acids is 1. The summed E-state index contributed by atoms with van der Waals surface area (Å²) < 4.78 is 18.5. The fraction of sp³-hybridized carbons (Fsp3) is 0.333. The van der Waals surface area contributed by atoms with Crippen molar-refractivity contribution in [2.24, 2.45) is 0 Å². The molecule has 1 aliphatic rings. The molecule has 118 valence electrons. The molecule has 0 saturated carbocycles. The highest BCUT2D eigenvalue weighted by atomic mass is 35.5. The zero-order valence-electron chi connectivity index (χ0n) is 11.7. The van der Waals surface area contributed by atoms with Crippen LogP contribution >= 0.6 is 12.4 Å². The third-order valence-corrected chi connectivity index (χ3v) is 3.67. The molecule has 22 heavy (non-hydrogen) atoms. The van der Waals surface area contributed by atoms with Crippen molar-refractivity contribution in [3.8, 4) is 11.3 Å². The van der Waals surface area contributed by atoms with E-state index in [2.05, 4.69) is 4.98 Å². The standard InChI is InChI=1S/C15H15FN2O3.ClH/c16-11-5-3-10(4-6-11)13-8-17-14(21-13)9-18-7-1-2-12(18)15(19)20;/h3-6,8,12H,1-2,7,9H2,(H,19,20);1H. The number of carbonyl (C=O) groups is 1. The Hall–Kier alpha value is -1.92. The third kappa shape index (κ3) is 3.45. The topological polar surface area (TPSA) is 66.6 Å². The Balaban J connectivity index is 0.00000176. The van der Waals surface area contributed by atoms with E-state index in [0.717, 1.165) is 18.5 Å². The lowest BCUT2D eigenvalue weighted by atomic mass is 10.2. The number of likely N-dealkylation sites (tertiary alicyclic amines) is 1. The van der Waals surface area contributed by atoms with Gasteiger partial charge in [-0.3, -0.25) is 9.69 Å². The van der Waals surface area contributed by atoms with Gasteiger partial charge in [0.25, 0.3) is 0 Å². The van der Waals surface area contributed by atoms with E-state index >= 15 is 0 Å². The van der Waals surface area contributed by atoms with Gasteiger partial charge in [0.05, 0.1) is 12.7 Å². The highest BCUT2D eigenvalue weighted by molar-refractivity contribution is 5.85. The van der Waals surface area contributed by atoms with Gasteiger partial charge in [0, 0.05) is 5.56 Å². The van der Waals surface area contributed by atoms with E-state index in [1.807, 2.05) is 4.90 Å². The number of carboxylic acids is 1. The van der Waals surface area contributed by atoms with E-state index in [1.165, 1.54) is 12.1 Å². The van der Waals surface area contributed by atoms with E-state index in [0.29, 0.717) is 24.6 Å². The minimum Gasteiger partial charge on any atom is -0.480 e. The fourth-order valence-corrected chi connectivity index (χ4v) is 2.60. The first-order chi connectivity index (χ1) is 10.1. The van der Waals surface area contributed by atoms with Crippen LogP contribution in [-0.4, -0.2) is 33.5 Å². The molecule has 5 nitrogen and oxygen atoms in total. The summed E-state index contributed by atoms with van der Waals surface area (Å²) in [7, 11) is 0. The molecule has 1 atom stereocenters. The van der Waals surface area contributed by atoms with Gasteiger partial charge in [0.1, 0.15) is 11.9 Å². The Kier molecular flexibility index (Phi) is 5.15. The molecule has 1 aromatic heterocycles. The van der Waals surface area contributed by atoms with Crippen LogP contribution in [0.15, 0.2) is 34.9 Å². The van der Waals surface area contributed by atoms with Crippen molar-refractivity contribution in [2.45, 2.75) is 25.4 Å². The van der Waals surface area contributed by atoms with Crippen LogP contribution in [0, 0.1) is 5.82 Å². The molecular weight excluding hydrogens is 311 g/mol. The van der Waals surface area contributed by atoms with Gasteiger partial charge in [-0.2, -0.15) is 0 Å². The minimum atomic E-state index is -0.808. The summed E-state index contributed by atoms with van der Waals surface area (Å²) in [6.07, 6.45) is 3.10. The van der Waals surface area contributed by atoms with Crippen LogP contribution in [0.25, 0.3) is 11.3 Å². The lowest BCUT2D eigenvalue weighted by Gasteiger charge is -2.18. The molecule has 2 aromatic rings. The first-order valence-corrected chi connectivity index (χ1v) is 6.81. The Morgan fingerprint density at radius 3 is 2.82 bits per heavy atom. The molecule has 0 spiro atoms. The van der Waals surface area contributed by atoms with Crippen molar-refractivity contribution in [3.63, 3.8) is 0 Å². The fourth-order valence-electron chi connectivity index (χ4n) is 2.60. The molecule has 1 aromatic carbocycles. The van der Waals surface area contributed by atoms with Crippen molar-refractivity contribution < 1.29 is 18.7 Å². The largest absolute Gasteiger partial charge is 0.480 e. The molecule has 0 radical (unpaired) electrons. The Labute approximate surface area is 133 Å². The molecular formula is C15H16ClFN2O3. The Bertz CT molecular complexity index is 644. The molecule has 0 amide bonds. The van der Waals surface area contributed by atoms with Crippen LogP contribution in [0.4, 0.5) is 4.39 Å². The van der Waals surface area contributed by atoms with Gasteiger partial charge >= 0.3 is 5.97 Å². The molecule has 2 heterocycles. The van der Waals surface area contributed by atoms with Crippen molar-refractivity contribution in [2.75, 3.05) is 6.54 Å². The second kappa shape index (κ2) is 6.89. The van der Waals surface area contributed by atoms with Crippen LogP contribution in [0.2, 0.25) is 0 Å². The lowest BCUT2D eigenvalue weighted by Crippen LogP contribution is -2.35. The number of nitrogens with zero attached hydrogens (tertiary/aromatic N) is 2. The highest BCUT2D eigenvalue weighted by Gasteiger charge is 2.31. The lowest BCUT2D eigenvalue weighted by molar-refractivity contribution is -0.142. The number of aromatic nitrogens is 1. The second-order valence-corrected chi connectivity index (χ2v) is 5.09. The normalized spacial score (nSPS) is 18.1. The van der Waals surface area contributed by atoms with E-state index in [4.69, 9.17) is 9.52 Å². The quantitative estimate of drug-likeness (QED) is 0.935. The summed E-state index contributed by atoms with van der Waals surface area (Å²) in [6, 6.07) is 5.49. The average Bonchev–Trinajstić information content (AvgIpc) is 3.09. The van der Waals surface area contributed by atoms with E-state index in [9.17, 15) is 9.18 Å². The van der Waals surface area contributed by atoms with Crippen LogP contribution in [0.1, 0.15) is 18.7 Å². The monoisotopic (exact) mass is 326 g/mol. The van der Waals surface area contributed by atoms with Crippen molar-refractivity contribution >= 4 is 18.4 Å². The van der Waals surface area contributed by atoms with E-state index in [-0.39, 0.29) is 18.2 Å². The number of hydrogen-bond acceptors (Lipinski definition) is 4. The molecule has 1 N–H and O–H groups in total. The molecule has 1 saturated heterocycles. The highest BCUT2D eigenvalue weighted by Crippen LogP contribution is 2.24. The first kappa shape index (κ1) is 16.5. The van der Waals surface area contributed by atoms with Gasteiger partial charge in [-0.1, -0.05) is 0 Å². The first-order valence-electron chi connectivity index (χ1n) is 6.81. The summed E-state index contributed by atoms with van der Waals surface area (Å²) in [4.78, 5) is 17.2. The summed E-state index contributed by atoms with van der Waals surface area (Å²) in [6.45, 7) is 1.10. The van der Waals surface area contributed by atoms with Crippen molar-refractivity contribution in [1.82, 2.24) is 9.88 Å². The van der Waals surface area contributed by atoms with E-state index in [1.54, 1.807) is 18.3 Å². The summed E-state index contributed by atoms with van der Waals surface area (Å²) in [5.41, 5.74) is 0.742. The predicted octanol–water partition coefficient (Wildman–Crippen LogP) is 2.95. The molecule has 1 aliphatic heterocycles. The minimum absolute atomic E-state index is 0. The maximum absolute atomic E-state index is 12.9. The van der Waals surface area contributed by atoms with Gasteiger partial charge in [-0.25, -0.2) is 9.37 Å². The number of benzene rings is 1. The summed E-state index contributed by atoms with van der Waals surface area (Å²) in [5.74, 6) is -0.0868. The van der Waals surface area contributed by atoms with Crippen molar-refractivity contribution in [3.05, 3.63) is 42.2 Å². The molecule has 0 aliphatic carbocycles. The summed E-state index contributed by atoms with van der Waals surface area (Å²) in [5, 5.41) is 9.14. The Morgan fingerprint density at radius 1 is 1.41 bits per heavy atom. The van der Waals surface area contributed by atoms with Gasteiger partial charge in [0.15, 0.2) is 5.76 Å². The maximum atomic E-state index is 12.9. The number of halogens is 2. The van der Waals surface area contributed by atoms with Crippen molar-refractivity contribution in [1.29, 1.82) is 0 Å². The smallest absolute Gasteiger partial charge is 0.320 e. The molecule has 1 unspecified atom stereocenters. The maximum Gasteiger partial charge on any atom is 0.320 e. The number of rotatable bonds is 4. The van der Waals surface area contributed by atoms with Crippen LogP contribution in [-0.2, 0) is 11.3 Å². The van der Waals surface area contributed by atoms with Gasteiger partial charge < -0.3 is 9.52 Å². The molecule has 3 rings (SSSR count). The van der Waals surface area contributed by atoms with Gasteiger partial charge in [0.2, 0.25) is 5.89 Å². The van der Waals surface area contributed by atoms with Crippen LogP contribution < -0.4 is 0 Å². The number of hydrogen-bond donors (Lipinski definition) is 1. The molecule has 7 heteroatoms. The predicted molar refractivity (Wildman–Crippen MR) is 80.2 cm³/mol. The van der Waals surface area contributed by atoms with Crippen LogP contribution in [0.5, 0.6) is 0 Å².